The Bertz CT molecular complexity index is 271. The van der Waals surface area contributed by atoms with E-state index in [1.54, 1.807) is 0 Å². The summed E-state index contributed by atoms with van der Waals surface area (Å²) in [6, 6.07) is 0. The van der Waals surface area contributed by atoms with Gasteiger partial charge in [0.25, 0.3) is 0 Å². The molecular weight excluding hydrogens is 208 g/mol. The van der Waals surface area contributed by atoms with Crippen molar-refractivity contribution in [3.8, 4) is 0 Å². The van der Waals surface area contributed by atoms with Crippen LogP contribution in [0.25, 0.3) is 0 Å². The van der Waals surface area contributed by atoms with Gasteiger partial charge in [-0.3, -0.25) is 0 Å². The molecule has 0 radical (unpaired) electrons. The Morgan fingerprint density at radius 2 is 2.07 bits per heavy atom. The molecule has 1 saturated carbocycles. The van der Waals surface area contributed by atoms with Gasteiger partial charge in [-0.1, -0.05) is 19.3 Å². The van der Waals surface area contributed by atoms with Crippen LogP contribution in [0, 0.1) is 5.92 Å². The van der Waals surface area contributed by atoms with E-state index < -0.39 is 0 Å². The zero-order valence-corrected chi connectivity index (χ0v) is 9.85. The van der Waals surface area contributed by atoms with Crippen LogP contribution >= 0.6 is 11.8 Å². The van der Waals surface area contributed by atoms with Gasteiger partial charge in [0.15, 0.2) is 0 Å². The average Bonchev–Trinajstić information content (AvgIpc) is 2.75. The van der Waals surface area contributed by atoms with E-state index in [-0.39, 0.29) is 5.60 Å². The number of hydrogen-bond donors (Lipinski definition) is 0. The van der Waals surface area contributed by atoms with Crippen molar-refractivity contribution in [3.05, 3.63) is 11.2 Å². The van der Waals surface area contributed by atoms with Crippen molar-refractivity contribution in [2.24, 2.45) is 5.92 Å². The van der Waals surface area contributed by atoms with E-state index in [1.807, 2.05) is 11.8 Å². The molecule has 0 bridgehead atoms. The summed E-state index contributed by atoms with van der Waals surface area (Å²) in [5.41, 5.74) is -0.0384. The van der Waals surface area contributed by atoms with E-state index >= 15 is 0 Å². The van der Waals surface area contributed by atoms with Crippen molar-refractivity contribution >= 4 is 11.8 Å². The highest BCUT2D eigenvalue weighted by Crippen LogP contribution is 2.47. The van der Waals surface area contributed by atoms with Crippen LogP contribution in [0.3, 0.4) is 0 Å². The van der Waals surface area contributed by atoms with Crippen molar-refractivity contribution < 1.29 is 9.47 Å². The van der Waals surface area contributed by atoms with Gasteiger partial charge in [0.05, 0.1) is 6.61 Å². The first-order chi connectivity index (χ1) is 7.42. The lowest BCUT2D eigenvalue weighted by atomic mass is 9.76. The van der Waals surface area contributed by atoms with Crippen LogP contribution in [0.15, 0.2) is 11.2 Å². The van der Waals surface area contributed by atoms with Crippen LogP contribution in [-0.2, 0) is 9.47 Å². The molecule has 1 atom stereocenters. The molecule has 3 rings (SSSR count). The quantitative estimate of drug-likeness (QED) is 0.685. The van der Waals surface area contributed by atoms with E-state index in [1.165, 1.54) is 32.1 Å². The molecule has 0 spiro atoms. The van der Waals surface area contributed by atoms with Gasteiger partial charge < -0.3 is 9.47 Å². The van der Waals surface area contributed by atoms with Crippen molar-refractivity contribution in [1.29, 1.82) is 0 Å². The predicted octanol–water partition coefficient (Wildman–Crippen LogP) is 2.94. The average molecular weight is 226 g/mol. The van der Waals surface area contributed by atoms with Gasteiger partial charge in [0.2, 0.25) is 0 Å². The number of hydrogen-bond acceptors (Lipinski definition) is 3. The lowest BCUT2D eigenvalue weighted by Gasteiger charge is -2.43. The molecule has 0 amide bonds. The molecule has 84 valence electrons. The Morgan fingerprint density at radius 3 is 2.93 bits per heavy atom. The summed E-state index contributed by atoms with van der Waals surface area (Å²) in [5, 5.41) is 2.17. The van der Waals surface area contributed by atoms with Crippen LogP contribution in [-0.4, -0.2) is 24.6 Å². The zero-order valence-electron chi connectivity index (χ0n) is 9.04. The molecule has 1 unspecified atom stereocenters. The third kappa shape index (κ3) is 1.60. The molecule has 3 aliphatic rings. The van der Waals surface area contributed by atoms with E-state index in [4.69, 9.17) is 9.47 Å². The molecule has 2 aliphatic heterocycles. The first-order valence-corrected chi connectivity index (χ1v) is 7.06. The van der Waals surface area contributed by atoms with Crippen molar-refractivity contribution in [3.63, 3.8) is 0 Å². The lowest BCUT2D eigenvalue weighted by Crippen LogP contribution is -2.48. The second-order valence-electron chi connectivity index (χ2n) is 4.71. The molecule has 1 aliphatic carbocycles. The largest absolute Gasteiger partial charge is 0.492 e. The third-order valence-corrected chi connectivity index (χ3v) is 4.85. The molecule has 1 saturated heterocycles. The molecule has 0 N–H and O–H groups in total. The maximum absolute atomic E-state index is 6.11. The predicted molar refractivity (Wildman–Crippen MR) is 61.8 cm³/mol. The first kappa shape index (κ1) is 10.0. The minimum Gasteiger partial charge on any atom is -0.492 e. The van der Waals surface area contributed by atoms with Crippen molar-refractivity contribution in [1.82, 2.24) is 0 Å². The maximum atomic E-state index is 6.11. The summed E-state index contributed by atoms with van der Waals surface area (Å²) in [7, 11) is 0. The SMILES string of the molecule is C1=C2OCCOC2(C2CCCCC2)CS1. The number of rotatable bonds is 1. The van der Waals surface area contributed by atoms with E-state index in [0.29, 0.717) is 5.92 Å². The third-order valence-electron chi connectivity index (χ3n) is 3.87. The molecule has 3 heteroatoms. The molecule has 15 heavy (non-hydrogen) atoms. The Labute approximate surface area is 95.4 Å². The Morgan fingerprint density at radius 1 is 1.20 bits per heavy atom. The van der Waals surface area contributed by atoms with Gasteiger partial charge in [0.1, 0.15) is 18.0 Å². The minimum absolute atomic E-state index is 0.0384. The molecule has 0 aromatic heterocycles. The Kier molecular flexibility index (Phi) is 2.69. The maximum Gasteiger partial charge on any atom is 0.138 e. The Balaban J connectivity index is 1.83. The summed E-state index contributed by atoms with van der Waals surface area (Å²) in [4.78, 5) is 0. The zero-order chi connectivity index (χ0) is 10.1. The smallest absolute Gasteiger partial charge is 0.138 e. The summed E-state index contributed by atoms with van der Waals surface area (Å²) in [5.74, 6) is 2.91. The molecule has 0 aromatic carbocycles. The van der Waals surface area contributed by atoms with Gasteiger partial charge >= 0.3 is 0 Å². The van der Waals surface area contributed by atoms with Gasteiger partial charge in [-0.2, -0.15) is 0 Å². The monoisotopic (exact) mass is 226 g/mol. The van der Waals surface area contributed by atoms with E-state index in [0.717, 1.165) is 24.7 Å². The topological polar surface area (TPSA) is 18.5 Å². The standard InChI is InChI=1S/C12H18O2S/c1-2-4-10(5-3-1)12-9-15-8-11(12)13-6-7-14-12/h8,10H,1-7,9H2. The van der Waals surface area contributed by atoms with E-state index in [2.05, 4.69) is 5.41 Å². The second-order valence-corrected chi connectivity index (χ2v) is 5.57. The molecule has 2 heterocycles. The summed E-state index contributed by atoms with van der Waals surface area (Å²) < 4.78 is 11.9. The molecule has 2 nitrogen and oxygen atoms in total. The second kappa shape index (κ2) is 4.02. The van der Waals surface area contributed by atoms with Crippen LogP contribution in [0.4, 0.5) is 0 Å². The lowest BCUT2D eigenvalue weighted by molar-refractivity contribution is -0.132. The molecule has 0 aromatic rings. The highest BCUT2D eigenvalue weighted by atomic mass is 32.2. The minimum atomic E-state index is -0.0384. The molecular formula is C12H18O2S. The van der Waals surface area contributed by atoms with Crippen molar-refractivity contribution in [2.45, 2.75) is 37.7 Å². The van der Waals surface area contributed by atoms with Gasteiger partial charge in [-0.15, -0.1) is 11.8 Å². The number of ether oxygens (including phenoxy) is 2. The highest BCUT2D eigenvalue weighted by molar-refractivity contribution is 8.02. The fraction of sp³-hybridized carbons (Fsp3) is 0.833. The van der Waals surface area contributed by atoms with E-state index in [9.17, 15) is 0 Å². The fourth-order valence-corrected chi connectivity index (χ4v) is 4.27. The summed E-state index contributed by atoms with van der Waals surface area (Å²) in [6.45, 7) is 1.51. The van der Waals surface area contributed by atoms with Gasteiger partial charge in [0, 0.05) is 11.2 Å². The summed E-state index contributed by atoms with van der Waals surface area (Å²) in [6.07, 6.45) is 6.78. The number of thioether (sulfide) groups is 1. The molecule has 2 fully saturated rings. The van der Waals surface area contributed by atoms with Crippen molar-refractivity contribution in [2.75, 3.05) is 19.0 Å². The van der Waals surface area contributed by atoms with Crippen LogP contribution in [0.5, 0.6) is 0 Å². The number of fused-ring (bicyclic) bond motifs is 1. The van der Waals surface area contributed by atoms with Crippen LogP contribution < -0.4 is 0 Å². The van der Waals surface area contributed by atoms with Crippen LogP contribution in [0.1, 0.15) is 32.1 Å². The highest BCUT2D eigenvalue weighted by Gasteiger charge is 2.49. The normalized spacial score (nSPS) is 36.9. The Hall–Kier alpha value is -0.150. The van der Waals surface area contributed by atoms with Gasteiger partial charge in [-0.05, 0) is 18.8 Å². The summed E-state index contributed by atoms with van der Waals surface area (Å²) >= 11 is 1.86. The first-order valence-electron chi connectivity index (χ1n) is 6.01. The fourth-order valence-electron chi connectivity index (χ4n) is 3.06. The van der Waals surface area contributed by atoms with Gasteiger partial charge in [-0.25, -0.2) is 0 Å². The van der Waals surface area contributed by atoms with Crippen LogP contribution in [0.2, 0.25) is 0 Å².